The summed E-state index contributed by atoms with van der Waals surface area (Å²) >= 11 is 0. The number of rotatable bonds is 14. The van der Waals surface area contributed by atoms with Crippen molar-refractivity contribution < 1.29 is 19.1 Å². The first-order valence-electron chi connectivity index (χ1n) is 13.9. The van der Waals surface area contributed by atoms with Crippen molar-refractivity contribution >= 4 is 11.8 Å². The van der Waals surface area contributed by atoms with Gasteiger partial charge in [0.1, 0.15) is 12.3 Å². The molecule has 0 fully saturated rings. The number of carbonyl (C=O) groups excluding carboxylic acids is 2. The number of aryl methyl sites for hydroxylation is 1. The van der Waals surface area contributed by atoms with E-state index < -0.39 is 0 Å². The largest absolute Gasteiger partial charge is 0.497 e. The molecular formula is C34H39N3O4. The zero-order chi connectivity index (χ0) is 29.0. The molecule has 0 saturated heterocycles. The third-order valence-corrected chi connectivity index (χ3v) is 7.02. The maximum absolute atomic E-state index is 13.9. The van der Waals surface area contributed by atoms with Gasteiger partial charge in [-0.2, -0.15) is 0 Å². The number of methoxy groups -OCH3 is 2. The molecule has 0 aliphatic carbocycles. The summed E-state index contributed by atoms with van der Waals surface area (Å²) in [6.07, 6.45) is 2.67. The number of benzene rings is 3. The molecule has 0 unspecified atom stereocenters. The van der Waals surface area contributed by atoms with Crippen LogP contribution in [0, 0.1) is 6.92 Å². The fourth-order valence-electron chi connectivity index (χ4n) is 4.74. The lowest BCUT2D eigenvalue weighted by molar-refractivity contribution is -0.133. The number of aromatic nitrogens is 1. The predicted octanol–water partition coefficient (Wildman–Crippen LogP) is 5.56. The molecule has 0 bridgehead atoms. The summed E-state index contributed by atoms with van der Waals surface area (Å²) in [5, 5.41) is 0. The van der Waals surface area contributed by atoms with Gasteiger partial charge in [0.15, 0.2) is 0 Å². The van der Waals surface area contributed by atoms with Gasteiger partial charge >= 0.3 is 0 Å². The Kier molecular flexibility index (Phi) is 10.7. The van der Waals surface area contributed by atoms with Crippen LogP contribution in [0.1, 0.15) is 39.2 Å². The number of hydrogen-bond acceptors (Lipinski definition) is 4. The Bertz CT molecular complexity index is 1400. The van der Waals surface area contributed by atoms with Crippen LogP contribution < -0.4 is 4.74 Å². The molecule has 1 heterocycles. The van der Waals surface area contributed by atoms with E-state index in [0.717, 1.165) is 28.1 Å². The Morgan fingerprint density at radius 3 is 2.29 bits per heavy atom. The molecule has 4 rings (SSSR count). The topological polar surface area (TPSA) is 64.0 Å². The van der Waals surface area contributed by atoms with Crippen molar-refractivity contribution in [1.29, 1.82) is 0 Å². The van der Waals surface area contributed by atoms with Crippen molar-refractivity contribution in [3.8, 4) is 5.75 Å². The van der Waals surface area contributed by atoms with E-state index in [-0.39, 0.29) is 18.4 Å². The molecule has 2 amide bonds. The second-order valence-corrected chi connectivity index (χ2v) is 10.2. The summed E-state index contributed by atoms with van der Waals surface area (Å²) in [5.41, 5.74) is 4.79. The summed E-state index contributed by atoms with van der Waals surface area (Å²) in [6.45, 7) is 4.42. The first-order chi connectivity index (χ1) is 20.0. The lowest BCUT2D eigenvalue weighted by Gasteiger charge is -2.28. The fourth-order valence-corrected chi connectivity index (χ4v) is 4.74. The summed E-state index contributed by atoms with van der Waals surface area (Å²) < 4.78 is 12.8. The van der Waals surface area contributed by atoms with Crippen molar-refractivity contribution in [1.82, 2.24) is 14.4 Å². The van der Waals surface area contributed by atoms with Gasteiger partial charge in [-0.05, 0) is 60.9 Å². The van der Waals surface area contributed by atoms with Gasteiger partial charge in [0.25, 0.3) is 5.91 Å². The third kappa shape index (κ3) is 8.56. The number of nitrogens with zero attached hydrogens (tertiary/aromatic N) is 3. The van der Waals surface area contributed by atoms with Crippen molar-refractivity contribution in [2.24, 2.45) is 0 Å². The third-order valence-electron chi connectivity index (χ3n) is 7.02. The summed E-state index contributed by atoms with van der Waals surface area (Å²) in [6, 6.07) is 29.4. The SMILES string of the molecule is COCCCN(CC(=O)N(Cc1ccccc1)Cc1cccn1Cc1cccc(OC)c1)C(=O)c1ccc(C)cc1. The van der Waals surface area contributed by atoms with E-state index in [4.69, 9.17) is 9.47 Å². The summed E-state index contributed by atoms with van der Waals surface area (Å²) in [7, 11) is 3.30. The van der Waals surface area contributed by atoms with E-state index >= 15 is 0 Å². The van der Waals surface area contributed by atoms with Crippen LogP contribution in [0.25, 0.3) is 0 Å². The van der Waals surface area contributed by atoms with Gasteiger partial charge in [-0.15, -0.1) is 0 Å². The van der Waals surface area contributed by atoms with E-state index in [9.17, 15) is 9.59 Å². The standard InChI is InChI=1S/C34H39N3O4/c1-27-15-17-30(18-16-27)34(39)36(20-9-21-40-2)26-33(38)37(23-28-10-5-4-6-11-28)25-31-13-8-19-35(31)24-29-12-7-14-32(22-29)41-3/h4-8,10-19,22H,9,20-21,23-26H2,1-3H3. The lowest BCUT2D eigenvalue weighted by Crippen LogP contribution is -2.43. The Morgan fingerprint density at radius 2 is 1.56 bits per heavy atom. The molecule has 0 spiro atoms. The minimum Gasteiger partial charge on any atom is -0.497 e. The monoisotopic (exact) mass is 553 g/mol. The normalized spacial score (nSPS) is 10.8. The maximum atomic E-state index is 13.9. The highest BCUT2D eigenvalue weighted by Crippen LogP contribution is 2.18. The molecule has 0 saturated carbocycles. The molecule has 0 atom stereocenters. The van der Waals surface area contributed by atoms with Gasteiger partial charge in [-0.25, -0.2) is 0 Å². The Balaban J connectivity index is 1.56. The second-order valence-electron chi connectivity index (χ2n) is 10.2. The molecule has 1 aromatic heterocycles. The van der Waals surface area contributed by atoms with E-state index in [1.165, 1.54) is 0 Å². The number of hydrogen-bond donors (Lipinski definition) is 0. The van der Waals surface area contributed by atoms with Gasteiger partial charge in [-0.3, -0.25) is 9.59 Å². The first kappa shape index (κ1) is 29.6. The van der Waals surface area contributed by atoms with Crippen molar-refractivity contribution in [2.45, 2.75) is 33.0 Å². The minimum atomic E-state index is -0.157. The number of amides is 2. The molecule has 41 heavy (non-hydrogen) atoms. The highest BCUT2D eigenvalue weighted by molar-refractivity contribution is 5.96. The smallest absolute Gasteiger partial charge is 0.254 e. The quantitative estimate of drug-likeness (QED) is 0.192. The van der Waals surface area contributed by atoms with Gasteiger partial charge in [0, 0.05) is 50.8 Å². The minimum absolute atomic E-state index is 0.0140. The molecule has 0 radical (unpaired) electrons. The summed E-state index contributed by atoms with van der Waals surface area (Å²) in [5.74, 6) is 0.542. The van der Waals surface area contributed by atoms with E-state index in [2.05, 4.69) is 10.6 Å². The molecule has 7 nitrogen and oxygen atoms in total. The van der Waals surface area contributed by atoms with Crippen molar-refractivity contribution in [3.63, 3.8) is 0 Å². The van der Waals surface area contributed by atoms with E-state index in [1.807, 2.05) is 103 Å². The van der Waals surface area contributed by atoms with Crippen LogP contribution in [0.5, 0.6) is 5.75 Å². The number of ether oxygens (including phenoxy) is 2. The van der Waals surface area contributed by atoms with Gasteiger partial charge in [-0.1, -0.05) is 60.2 Å². The second kappa shape index (κ2) is 14.9. The Labute approximate surface area is 242 Å². The van der Waals surface area contributed by atoms with E-state index in [0.29, 0.717) is 44.8 Å². The molecule has 3 aromatic carbocycles. The average molecular weight is 554 g/mol. The van der Waals surface area contributed by atoms with Gasteiger partial charge in [0.05, 0.1) is 13.7 Å². The molecule has 0 N–H and O–H groups in total. The van der Waals surface area contributed by atoms with Crippen LogP contribution in [-0.2, 0) is 29.2 Å². The van der Waals surface area contributed by atoms with Crippen molar-refractivity contribution in [3.05, 3.63) is 125 Å². The summed E-state index contributed by atoms with van der Waals surface area (Å²) in [4.78, 5) is 30.9. The van der Waals surface area contributed by atoms with Crippen LogP contribution >= 0.6 is 0 Å². The van der Waals surface area contributed by atoms with Crippen molar-refractivity contribution in [2.75, 3.05) is 33.9 Å². The molecule has 4 aromatic rings. The molecule has 0 aliphatic heterocycles. The van der Waals surface area contributed by atoms with Gasteiger partial charge in [0.2, 0.25) is 5.91 Å². The average Bonchev–Trinajstić information content (AvgIpc) is 3.43. The Hall–Kier alpha value is -4.36. The Morgan fingerprint density at radius 1 is 0.805 bits per heavy atom. The molecule has 0 aliphatic rings. The van der Waals surface area contributed by atoms with Crippen LogP contribution in [0.4, 0.5) is 0 Å². The van der Waals surface area contributed by atoms with Crippen LogP contribution in [0.15, 0.2) is 97.2 Å². The van der Waals surface area contributed by atoms with Crippen LogP contribution in [-0.4, -0.2) is 60.1 Å². The molecule has 7 heteroatoms. The maximum Gasteiger partial charge on any atom is 0.254 e. The molecule has 214 valence electrons. The first-order valence-corrected chi connectivity index (χ1v) is 13.9. The highest BCUT2D eigenvalue weighted by atomic mass is 16.5. The number of carbonyl (C=O) groups is 2. The molecular weight excluding hydrogens is 514 g/mol. The fraction of sp³-hybridized carbons (Fsp3) is 0.294. The lowest BCUT2D eigenvalue weighted by atomic mass is 10.1. The van der Waals surface area contributed by atoms with E-state index in [1.54, 1.807) is 19.1 Å². The zero-order valence-electron chi connectivity index (χ0n) is 24.2. The highest BCUT2D eigenvalue weighted by Gasteiger charge is 2.23. The van der Waals surface area contributed by atoms with Crippen LogP contribution in [0.2, 0.25) is 0 Å². The van der Waals surface area contributed by atoms with Crippen LogP contribution in [0.3, 0.4) is 0 Å². The van der Waals surface area contributed by atoms with Gasteiger partial charge < -0.3 is 23.8 Å². The predicted molar refractivity (Wildman–Crippen MR) is 161 cm³/mol. The zero-order valence-corrected chi connectivity index (χ0v) is 24.2.